The molecule has 0 heterocycles. The van der Waals surface area contributed by atoms with Gasteiger partial charge in [0.2, 0.25) is 0 Å². The lowest BCUT2D eigenvalue weighted by Gasteiger charge is -2.37. The first kappa shape index (κ1) is 21.9. The maximum absolute atomic E-state index is 12.5. The maximum atomic E-state index is 12.5. The van der Waals surface area contributed by atoms with Crippen molar-refractivity contribution in [2.24, 2.45) is 23.7 Å². The van der Waals surface area contributed by atoms with Crippen molar-refractivity contribution in [3.05, 3.63) is 24.3 Å². The zero-order chi connectivity index (χ0) is 20.6. The highest BCUT2D eigenvalue weighted by atomic mass is 16.5. The fourth-order valence-corrected chi connectivity index (χ4v) is 5.21. The van der Waals surface area contributed by atoms with Crippen molar-refractivity contribution < 1.29 is 19.1 Å². The normalized spacial score (nSPS) is 27.2. The van der Waals surface area contributed by atoms with Crippen LogP contribution in [0, 0.1) is 23.7 Å². The molecule has 1 aromatic rings. The molecule has 0 radical (unpaired) electrons. The summed E-state index contributed by atoms with van der Waals surface area (Å²) in [5.74, 6) is 3.14. The quantitative estimate of drug-likeness (QED) is 0.397. The van der Waals surface area contributed by atoms with Gasteiger partial charge in [-0.05, 0) is 80.5 Å². The summed E-state index contributed by atoms with van der Waals surface area (Å²) >= 11 is 0. The largest absolute Gasteiger partial charge is 0.427 e. The van der Waals surface area contributed by atoms with E-state index in [1.54, 1.807) is 24.3 Å². The summed E-state index contributed by atoms with van der Waals surface area (Å²) in [6, 6.07) is 6.66. The zero-order valence-electron chi connectivity index (χ0n) is 18.0. The molecular weight excluding hydrogens is 364 g/mol. The van der Waals surface area contributed by atoms with Crippen LogP contribution in [0.25, 0.3) is 0 Å². The van der Waals surface area contributed by atoms with Crippen molar-refractivity contribution in [2.75, 3.05) is 0 Å². The van der Waals surface area contributed by atoms with Crippen LogP contribution in [0.5, 0.6) is 11.5 Å². The smallest absolute Gasteiger partial charge is 0.314 e. The Morgan fingerprint density at radius 2 is 1.34 bits per heavy atom. The van der Waals surface area contributed by atoms with Gasteiger partial charge in [-0.1, -0.05) is 39.0 Å². The van der Waals surface area contributed by atoms with Crippen LogP contribution in [-0.4, -0.2) is 11.9 Å². The SMILES string of the molecule is CCCCC1CCC(C2CCC(C(=O)Oc3ccc(OC(C)=O)cc3)CC2)CC1. The Morgan fingerprint density at radius 3 is 1.86 bits per heavy atom. The van der Waals surface area contributed by atoms with Gasteiger partial charge in [-0.2, -0.15) is 0 Å². The molecule has 0 spiro atoms. The fraction of sp³-hybridized carbons (Fsp3) is 0.680. The van der Waals surface area contributed by atoms with Crippen molar-refractivity contribution in [3.8, 4) is 11.5 Å². The Bertz CT molecular complexity index is 650. The monoisotopic (exact) mass is 400 g/mol. The van der Waals surface area contributed by atoms with Gasteiger partial charge >= 0.3 is 11.9 Å². The second-order valence-corrected chi connectivity index (χ2v) is 9.02. The Hall–Kier alpha value is -1.84. The third-order valence-electron chi connectivity index (χ3n) is 6.93. The average Bonchev–Trinajstić information content (AvgIpc) is 2.74. The molecule has 2 aliphatic carbocycles. The first-order valence-electron chi connectivity index (χ1n) is 11.5. The van der Waals surface area contributed by atoms with E-state index in [1.165, 1.54) is 51.9 Å². The average molecular weight is 401 g/mol. The molecule has 0 amide bonds. The third kappa shape index (κ3) is 6.58. The van der Waals surface area contributed by atoms with E-state index >= 15 is 0 Å². The molecule has 0 saturated heterocycles. The number of unbranched alkanes of at least 4 members (excludes halogenated alkanes) is 1. The van der Waals surface area contributed by atoms with Crippen molar-refractivity contribution in [1.82, 2.24) is 0 Å². The lowest BCUT2D eigenvalue weighted by molar-refractivity contribution is -0.140. The van der Waals surface area contributed by atoms with Crippen LogP contribution in [-0.2, 0) is 9.59 Å². The first-order valence-corrected chi connectivity index (χ1v) is 11.5. The molecule has 0 bridgehead atoms. The van der Waals surface area contributed by atoms with Crippen molar-refractivity contribution in [3.63, 3.8) is 0 Å². The minimum Gasteiger partial charge on any atom is -0.427 e. The summed E-state index contributed by atoms with van der Waals surface area (Å²) in [6.45, 7) is 3.65. The van der Waals surface area contributed by atoms with Gasteiger partial charge in [0, 0.05) is 6.92 Å². The number of esters is 2. The summed E-state index contributed by atoms with van der Waals surface area (Å²) in [5.41, 5.74) is 0. The summed E-state index contributed by atoms with van der Waals surface area (Å²) in [6.07, 6.45) is 14.0. The highest BCUT2D eigenvalue weighted by Crippen LogP contribution is 2.42. The molecule has 1 aromatic carbocycles. The van der Waals surface area contributed by atoms with Gasteiger partial charge in [0.15, 0.2) is 0 Å². The lowest BCUT2D eigenvalue weighted by atomic mass is 9.68. The predicted octanol–water partition coefficient (Wildman–Crippen LogP) is 6.32. The topological polar surface area (TPSA) is 52.6 Å². The van der Waals surface area contributed by atoms with Crippen LogP contribution in [0.3, 0.4) is 0 Å². The summed E-state index contributed by atoms with van der Waals surface area (Å²) < 4.78 is 10.6. The molecule has 3 rings (SSSR count). The third-order valence-corrected chi connectivity index (χ3v) is 6.93. The van der Waals surface area contributed by atoms with Crippen molar-refractivity contribution in [1.29, 1.82) is 0 Å². The molecule has 4 heteroatoms. The van der Waals surface area contributed by atoms with E-state index in [-0.39, 0.29) is 17.9 Å². The Kier molecular flexibility index (Phi) is 8.14. The van der Waals surface area contributed by atoms with Gasteiger partial charge in [0.1, 0.15) is 11.5 Å². The molecule has 0 aliphatic heterocycles. The summed E-state index contributed by atoms with van der Waals surface area (Å²) in [4.78, 5) is 23.5. The zero-order valence-corrected chi connectivity index (χ0v) is 18.0. The van der Waals surface area contributed by atoms with Gasteiger partial charge in [0.05, 0.1) is 5.92 Å². The molecule has 4 nitrogen and oxygen atoms in total. The number of rotatable bonds is 7. The van der Waals surface area contributed by atoms with E-state index in [9.17, 15) is 9.59 Å². The molecule has 29 heavy (non-hydrogen) atoms. The van der Waals surface area contributed by atoms with E-state index < -0.39 is 0 Å². The number of ether oxygens (including phenoxy) is 2. The van der Waals surface area contributed by atoms with Gasteiger partial charge < -0.3 is 9.47 Å². The summed E-state index contributed by atoms with van der Waals surface area (Å²) in [7, 11) is 0. The molecule has 0 N–H and O–H groups in total. The highest BCUT2D eigenvalue weighted by Gasteiger charge is 2.33. The number of carbonyl (C=O) groups is 2. The molecule has 0 aromatic heterocycles. The number of hydrogen-bond donors (Lipinski definition) is 0. The molecule has 2 aliphatic rings. The molecular formula is C25H36O4. The van der Waals surface area contributed by atoms with Gasteiger partial charge in [-0.3, -0.25) is 9.59 Å². The van der Waals surface area contributed by atoms with Gasteiger partial charge in [0.25, 0.3) is 0 Å². The molecule has 0 unspecified atom stereocenters. The molecule has 0 atom stereocenters. The molecule has 160 valence electrons. The van der Waals surface area contributed by atoms with Gasteiger partial charge in [-0.25, -0.2) is 0 Å². The van der Waals surface area contributed by atoms with Crippen molar-refractivity contribution in [2.45, 2.75) is 84.5 Å². The van der Waals surface area contributed by atoms with Crippen LogP contribution >= 0.6 is 0 Å². The Morgan fingerprint density at radius 1 is 0.828 bits per heavy atom. The van der Waals surface area contributed by atoms with Crippen LogP contribution in [0.15, 0.2) is 24.3 Å². The van der Waals surface area contributed by atoms with Crippen LogP contribution in [0.2, 0.25) is 0 Å². The number of benzene rings is 1. The minimum absolute atomic E-state index is 0.0142. The Balaban J connectivity index is 1.40. The number of carbonyl (C=O) groups excluding carboxylic acids is 2. The summed E-state index contributed by atoms with van der Waals surface area (Å²) in [5, 5.41) is 0. The number of hydrogen-bond acceptors (Lipinski definition) is 4. The minimum atomic E-state index is -0.360. The lowest BCUT2D eigenvalue weighted by Crippen LogP contribution is -2.30. The highest BCUT2D eigenvalue weighted by molar-refractivity contribution is 5.75. The van der Waals surface area contributed by atoms with E-state index in [2.05, 4.69) is 6.92 Å². The standard InChI is InChI=1S/C25H36O4/c1-3-4-5-19-6-8-20(9-7-19)21-10-12-22(13-11-21)25(27)29-24-16-14-23(15-17-24)28-18(2)26/h14-17,19-22H,3-13H2,1-2H3. The Labute approximate surface area is 175 Å². The fourth-order valence-electron chi connectivity index (χ4n) is 5.21. The van der Waals surface area contributed by atoms with Crippen molar-refractivity contribution >= 4 is 11.9 Å². The molecule has 2 saturated carbocycles. The second kappa shape index (κ2) is 10.8. The first-order chi connectivity index (χ1) is 14.0. The second-order valence-electron chi connectivity index (χ2n) is 9.02. The van der Waals surface area contributed by atoms with Crippen LogP contribution in [0.4, 0.5) is 0 Å². The van der Waals surface area contributed by atoms with Gasteiger partial charge in [-0.15, -0.1) is 0 Å². The van der Waals surface area contributed by atoms with Crippen LogP contribution in [0.1, 0.15) is 84.5 Å². The van der Waals surface area contributed by atoms with E-state index in [0.717, 1.165) is 43.4 Å². The van der Waals surface area contributed by atoms with E-state index in [4.69, 9.17) is 9.47 Å². The van der Waals surface area contributed by atoms with E-state index in [0.29, 0.717) is 11.5 Å². The predicted molar refractivity (Wildman–Crippen MR) is 114 cm³/mol. The maximum Gasteiger partial charge on any atom is 0.314 e. The molecule has 2 fully saturated rings. The van der Waals surface area contributed by atoms with Crippen LogP contribution < -0.4 is 9.47 Å². The van der Waals surface area contributed by atoms with E-state index in [1.807, 2.05) is 0 Å².